The minimum Gasteiger partial charge on any atom is -0.496 e. The lowest BCUT2D eigenvalue weighted by Gasteiger charge is -2.13. The molecule has 0 atom stereocenters. The van der Waals surface area contributed by atoms with Crippen molar-refractivity contribution in [1.29, 1.82) is 0 Å². The third kappa shape index (κ3) is 5.42. The zero-order valence-electron chi connectivity index (χ0n) is 20.8. The summed E-state index contributed by atoms with van der Waals surface area (Å²) in [6.07, 6.45) is 2.16. The molecule has 2 N–H and O–H groups in total. The van der Waals surface area contributed by atoms with E-state index in [1.165, 1.54) is 19.2 Å². The van der Waals surface area contributed by atoms with Gasteiger partial charge in [0.15, 0.2) is 0 Å². The minimum absolute atomic E-state index is 0.123. The van der Waals surface area contributed by atoms with Gasteiger partial charge in [0.05, 0.1) is 28.6 Å². The predicted octanol–water partition coefficient (Wildman–Crippen LogP) is 6.23. The Labute approximate surface area is 228 Å². The van der Waals surface area contributed by atoms with Crippen LogP contribution in [0.4, 0.5) is 10.1 Å². The van der Waals surface area contributed by atoms with E-state index in [2.05, 4.69) is 26.0 Å². The van der Waals surface area contributed by atoms with Gasteiger partial charge in [-0.25, -0.2) is 12.8 Å². The molecular weight excluding hydrogens is 575 g/mol. The van der Waals surface area contributed by atoms with Gasteiger partial charge in [-0.3, -0.25) is 9.52 Å². The SMILES string of the molecule is CNC(=O)c1c(-c2ccc(F)cc2)oc2cc(NS(=O)(=O)CCc3ccc(Br)c(OC)c3)c(C3CC3)cc12. The molecule has 1 aromatic heterocycles. The third-order valence-electron chi connectivity index (χ3n) is 6.58. The first-order valence-electron chi connectivity index (χ1n) is 12.1. The van der Waals surface area contributed by atoms with Crippen molar-refractivity contribution >= 4 is 48.5 Å². The van der Waals surface area contributed by atoms with Gasteiger partial charge >= 0.3 is 0 Å². The van der Waals surface area contributed by atoms with Gasteiger partial charge in [0.25, 0.3) is 5.91 Å². The normalized spacial score (nSPS) is 13.5. The summed E-state index contributed by atoms with van der Waals surface area (Å²) in [5, 5.41) is 3.22. The molecule has 3 aromatic carbocycles. The molecule has 4 aromatic rings. The average Bonchev–Trinajstić information content (AvgIpc) is 3.68. The summed E-state index contributed by atoms with van der Waals surface area (Å²) in [5.41, 5.74) is 3.33. The first-order valence-corrected chi connectivity index (χ1v) is 14.5. The monoisotopic (exact) mass is 600 g/mol. The van der Waals surface area contributed by atoms with Crippen molar-refractivity contribution in [3.8, 4) is 17.1 Å². The number of amides is 1. The second-order valence-corrected chi connectivity index (χ2v) is 11.9. The Balaban J connectivity index is 1.50. The molecule has 1 heterocycles. The zero-order valence-corrected chi connectivity index (χ0v) is 23.2. The summed E-state index contributed by atoms with van der Waals surface area (Å²) in [5.74, 6) is 0.252. The van der Waals surface area contributed by atoms with Gasteiger partial charge in [0, 0.05) is 24.1 Å². The number of nitrogens with one attached hydrogen (secondary N) is 2. The van der Waals surface area contributed by atoms with Crippen LogP contribution >= 0.6 is 15.9 Å². The fourth-order valence-corrected chi connectivity index (χ4v) is 5.99. The summed E-state index contributed by atoms with van der Waals surface area (Å²) in [6, 6.07) is 14.6. The van der Waals surface area contributed by atoms with Crippen LogP contribution in [0.15, 0.2) is 63.5 Å². The van der Waals surface area contributed by atoms with Crippen LogP contribution in [-0.4, -0.2) is 34.2 Å². The lowest BCUT2D eigenvalue weighted by atomic mass is 10.0. The Kier molecular flexibility index (Phi) is 7.19. The van der Waals surface area contributed by atoms with Crippen molar-refractivity contribution in [3.63, 3.8) is 0 Å². The van der Waals surface area contributed by atoms with Crippen LogP contribution in [0.3, 0.4) is 0 Å². The van der Waals surface area contributed by atoms with Gasteiger partial charge in [-0.15, -0.1) is 0 Å². The van der Waals surface area contributed by atoms with Crippen LogP contribution < -0.4 is 14.8 Å². The van der Waals surface area contributed by atoms with Gasteiger partial charge in [-0.05, 0) is 94.7 Å². The van der Waals surface area contributed by atoms with E-state index in [9.17, 15) is 17.6 Å². The summed E-state index contributed by atoms with van der Waals surface area (Å²) in [6.45, 7) is 0. The van der Waals surface area contributed by atoms with E-state index in [4.69, 9.17) is 9.15 Å². The quantitative estimate of drug-likeness (QED) is 0.237. The molecule has 1 fully saturated rings. The highest BCUT2D eigenvalue weighted by Crippen LogP contribution is 2.47. The van der Waals surface area contributed by atoms with Crippen molar-refractivity contribution in [3.05, 3.63) is 81.6 Å². The highest BCUT2D eigenvalue weighted by atomic mass is 79.9. The van der Waals surface area contributed by atoms with Crippen LogP contribution in [0.25, 0.3) is 22.3 Å². The molecule has 0 saturated heterocycles. The Hall–Kier alpha value is -3.37. The molecule has 0 unspecified atom stereocenters. The molecule has 0 bridgehead atoms. The average molecular weight is 601 g/mol. The maximum Gasteiger partial charge on any atom is 0.255 e. The van der Waals surface area contributed by atoms with Crippen LogP contribution in [0.2, 0.25) is 0 Å². The van der Waals surface area contributed by atoms with Crippen molar-refractivity contribution in [2.45, 2.75) is 25.2 Å². The van der Waals surface area contributed by atoms with E-state index in [0.717, 1.165) is 28.4 Å². The summed E-state index contributed by atoms with van der Waals surface area (Å²) < 4.78 is 54.7. The lowest BCUT2D eigenvalue weighted by Crippen LogP contribution is -2.19. The second-order valence-electron chi connectivity index (χ2n) is 9.24. The molecule has 0 spiro atoms. The van der Waals surface area contributed by atoms with Crippen LogP contribution in [0.1, 0.15) is 40.2 Å². The van der Waals surface area contributed by atoms with Gasteiger partial charge in [0.1, 0.15) is 22.9 Å². The number of rotatable bonds is 9. The number of furan rings is 1. The number of aryl methyl sites for hydroxylation is 1. The highest BCUT2D eigenvalue weighted by molar-refractivity contribution is 9.10. The maximum atomic E-state index is 13.5. The van der Waals surface area contributed by atoms with Crippen molar-refractivity contribution in [1.82, 2.24) is 5.32 Å². The van der Waals surface area contributed by atoms with E-state index in [1.807, 2.05) is 18.2 Å². The van der Waals surface area contributed by atoms with Gasteiger partial charge in [-0.1, -0.05) is 6.07 Å². The largest absolute Gasteiger partial charge is 0.496 e. The van der Waals surface area contributed by atoms with E-state index in [1.54, 1.807) is 31.4 Å². The summed E-state index contributed by atoms with van der Waals surface area (Å²) >= 11 is 3.40. The van der Waals surface area contributed by atoms with Crippen LogP contribution in [-0.2, 0) is 16.4 Å². The van der Waals surface area contributed by atoms with Gasteiger partial charge in [0.2, 0.25) is 10.0 Å². The Morgan fingerprint density at radius 2 is 1.87 bits per heavy atom. The minimum atomic E-state index is -3.71. The predicted molar refractivity (Wildman–Crippen MR) is 149 cm³/mol. The third-order valence-corrected chi connectivity index (χ3v) is 8.51. The number of hydrogen-bond acceptors (Lipinski definition) is 5. The van der Waals surface area contributed by atoms with Crippen LogP contribution in [0.5, 0.6) is 5.75 Å². The lowest BCUT2D eigenvalue weighted by molar-refractivity contribution is 0.0964. The van der Waals surface area contributed by atoms with E-state index >= 15 is 0 Å². The maximum absolute atomic E-state index is 13.5. The van der Waals surface area contributed by atoms with Crippen molar-refractivity contribution in [2.24, 2.45) is 0 Å². The second kappa shape index (κ2) is 10.4. The molecule has 38 heavy (non-hydrogen) atoms. The number of carbonyl (C=O) groups excluding carboxylic acids is 1. The molecule has 1 amide bonds. The number of ether oxygens (including phenoxy) is 1. The van der Waals surface area contributed by atoms with Crippen molar-refractivity contribution in [2.75, 3.05) is 24.6 Å². The fourth-order valence-electron chi connectivity index (χ4n) is 4.47. The van der Waals surface area contributed by atoms with Crippen molar-refractivity contribution < 1.29 is 26.8 Å². The number of sulfonamides is 1. The first-order chi connectivity index (χ1) is 18.2. The molecule has 0 radical (unpaired) electrons. The smallest absolute Gasteiger partial charge is 0.255 e. The first kappa shape index (κ1) is 26.2. The number of carbonyl (C=O) groups is 1. The standard InChI is InChI=1S/C28H26BrFN2O5S/c1-31-28(33)26-21-14-20(17-4-5-17)23(15-24(21)37-27(26)18-6-8-19(30)9-7-18)32-38(34,35)12-11-16-3-10-22(29)25(13-16)36-2/h3,6-10,13-15,17,32H,4-5,11-12H2,1-2H3,(H,31,33). The van der Waals surface area contributed by atoms with Crippen LogP contribution in [0, 0.1) is 5.82 Å². The Bertz CT molecular complexity index is 1630. The highest BCUT2D eigenvalue weighted by Gasteiger charge is 2.30. The van der Waals surface area contributed by atoms with E-state index in [-0.39, 0.29) is 17.6 Å². The number of methoxy groups -OCH3 is 1. The number of anilines is 1. The van der Waals surface area contributed by atoms with E-state index < -0.39 is 15.8 Å². The number of fused-ring (bicyclic) bond motifs is 1. The molecule has 198 valence electrons. The molecule has 1 aliphatic rings. The summed E-state index contributed by atoms with van der Waals surface area (Å²) in [7, 11) is -0.618. The Morgan fingerprint density at radius 1 is 1.13 bits per heavy atom. The molecule has 0 aliphatic heterocycles. The summed E-state index contributed by atoms with van der Waals surface area (Å²) in [4.78, 5) is 12.9. The molecule has 5 rings (SSSR count). The molecule has 1 aliphatic carbocycles. The molecule has 10 heteroatoms. The fraction of sp³-hybridized carbons (Fsp3) is 0.250. The molecule has 7 nitrogen and oxygen atoms in total. The van der Waals surface area contributed by atoms with E-state index in [0.29, 0.717) is 45.7 Å². The zero-order chi connectivity index (χ0) is 27.0. The van der Waals surface area contributed by atoms with Gasteiger partial charge in [-0.2, -0.15) is 0 Å². The van der Waals surface area contributed by atoms with Gasteiger partial charge < -0.3 is 14.5 Å². The topological polar surface area (TPSA) is 97.6 Å². The molecule has 1 saturated carbocycles. The number of halogens is 2. The Morgan fingerprint density at radius 3 is 2.53 bits per heavy atom. The molecular formula is C28H26BrFN2O5S. The number of hydrogen-bond donors (Lipinski definition) is 2. The number of benzene rings is 3.